The van der Waals surface area contributed by atoms with E-state index in [0.717, 1.165) is 18.7 Å². The normalized spacial score (nSPS) is 14.5. The van der Waals surface area contributed by atoms with Gasteiger partial charge in [0.2, 0.25) is 5.91 Å². The van der Waals surface area contributed by atoms with Crippen molar-refractivity contribution < 1.29 is 19.3 Å². The molecular weight excluding hydrogens is 330 g/mol. The fraction of sp³-hybridized carbons (Fsp3) is 0.300. The molecule has 1 N–H and O–H groups in total. The van der Waals surface area contributed by atoms with Crippen LogP contribution in [0.1, 0.15) is 5.56 Å². The molecule has 3 rings (SSSR count). The maximum Gasteiger partial charge on any atom is 0.246 e. The van der Waals surface area contributed by atoms with E-state index in [1.165, 1.54) is 5.69 Å². The molecule has 0 radical (unpaired) electrons. The number of H-pyrrole nitrogens is 1. The Labute approximate surface area is 153 Å². The summed E-state index contributed by atoms with van der Waals surface area (Å²) in [6.45, 7) is 3.10. The van der Waals surface area contributed by atoms with E-state index in [2.05, 4.69) is 22.0 Å². The van der Waals surface area contributed by atoms with Gasteiger partial charge in [0, 0.05) is 50.1 Å². The summed E-state index contributed by atoms with van der Waals surface area (Å²) in [6, 6.07) is 9.68. The van der Waals surface area contributed by atoms with Crippen molar-refractivity contribution in [2.45, 2.75) is 0 Å². The number of pyridine rings is 1. The third-order valence-electron chi connectivity index (χ3n) is 4.48. The van der Waals surface area contributed by atoms with Gasteiger partial charge in [-0.3, -0.25) is 4.79 Å². The fourth-order valence-corrected chi connectivity index (χ4v) is 3.00. The van der Waals surface area contributed by atoms with Crippen molar-refractivity contribution in [3.8, 4) is 11.5 Å². The van der Waals surface area contributed by atoms with E-state index in [0.29, 0.717) is 24.6 Å². The molecule has 1 amide bonds. The van der Waals surface area contributed by atoms with E-state index in [9.17, 15) is 4.79 Å². The maximum atomic E-state index is 12.5. The SMILES string of the molecule is COc1ccc(/C=C/C(=O)N2CCN(c3cc[nH+]cc3)CC2)cc1OC. The molecule has 6 heteroatoms. The zero-order valence-electron chi connectivity index (χ0n) is 15.1. The third-order valence-corrected chi connectivity index (χ3v) is 4.48. The second-order valence-corrected chi connectivity index (χ2v) is 6.02. The lowest BCUT2D eigenvalue weighted by atomic mass is 10.2. The Balaban J connectivity index is 1.58. The molecule has 1 saturated heterocycles. The van der Waals surface area contributed by atoms with Crippen LogP contribution in [0.2, 0.25) is 0 Å². The van der Waals surface area contributed by atoms with Crippen LogP contribution in [0.5, 0.6) is 11.5 Å². The number of ether oxygens (including phenoxy) is 2. The molecule has 0 unspecified atom stereocenters. The van der Waals surface area contributed by atoms with E-state index in [-0.39, 0.29) is 5.91 Å². The number of nitrogens with zero attached hydrogens (tertiary/aromatic N) is 2. The maximum absolute atomic E-state index is 12.5. The molecule has 1 aromatic carbocycles. The van der Waals surface area contributed by atoms with E-state index in [1.54, 1.807) is 20.3 Å². The zero-order valence-corrected chi connectivity index (χ0v) is 15.1. The number of hydrogen-bond acceptors (Lipinski definition) is 4. The van der Waals surface area contributed by atoms with Gasteiger partial charge in [0.15, 0.2) is 23.9 Å². The minimum absolute atomic E-state index is 0.0285. The van der Waals surface area contributed by atoms with Crippen LogP contribution in [-0.4, -0.2) is 51.2 Å². The van der Waals surface area contributed by atoms with Gasteiger partial charge in [-0.2, -0.15) is 0 Å². The summed E-state index contributed by atoms with van der Waals surface area (Å²) >= 11 is 0. The van der Waals surface area contributed by atoms with Gasteiger partial charge in [0.05, 0.1) is 14.2 Å². The van der Waals surface area contributed by atoms with Crippen molar-refractivity contribution in [2.24, 2.45) is 0 Å². The van der Waals surface area contributed by atoms with Crippen molar-refractivity contribution in [1.82, 2.24) is 4.90 Å². The predicted molar refractivity (Wildman–Crippen MR) is 100 cm³/mol. The van der Waals surface area contributed by atoms with Gasteiger partial charge in [-0.1, -0.05) is 6.07 Å². The second-order valence-electron chi connectivity index (χ2n) is 6.02. The molecule has 26 heavy (non-hydrogen) atoms. The molecule has 2 heterocycles. The fourth-order valence-electron chi connectivity index (χ4n) is 3.00. The molecule has 6 nitrogen and oxygen atoms in total. The largest absolute Gasteiger partial charge is 0.493 e. The lowest BCUT2D eigenvalue weighted by Gasteiger charge is -2.35. The Morgan fingerprint density at radius 1 is 1.00 bits per heavy atom. The van der Waals surface area contributed by atoms with Crippen molar-refractivity contribution >= 4 is 17.7 Å². The number of aromatic nitrogens is 1. The van der Waals surface area contributed by atoms with Gasteiger partial charge in [-0.05, 0) is 23.8 Å². The number of hydrogen-bond donors (Lipinski definition) is 0. The summed E-state index contributed by atoms with van der Waals surface area (Å²) in [5.41, 5.74) is 2.08. The number of carbonyl (C=O) groups excluding carboxylic acids is 1. The van der Waals surface area contributed by atoms with Crippen LogP contribution in [-0.2, 0) is 4.79 Å². The highest BCUT2D eigenvalue weighted by Gasteiger charge is 2.20. The number of amides is 1. The quantitative estimate of drug-likeness (QED) is 0.770. The summed E-state index contributed by atoms with van der Waals surface area (Å²) < 4.78 is 10.5. The van der Waals surface area contributed by atoms with Gasteiger partial charge in [0.1, 0.15) is 0 Å². The molecule has 1 aliphatic heterocycles. The minimum Gasteiger partial charge on any atom is -0.493 e. The first-order valence-electron chi connectivity index (χ1n) is 8.61. The van der Waals surface area contributed by atoms with Crippen LogP contribution in [0.15, 0.2) is 48.8 Å². The Kier molecular flexibility index (Phi) is 5.73. The Bertz CT molecular complexity index is 769. The Morgan fingerprint density at radius 3 is 2.35 bits per heavy atom. The van der Waals surface area contributed by atoms with Gasteiger partial charge in [-0.15, -0.1) is 0 Å². The highest BCUT2D eigenvalue weighted by molar-refractivity contribution is 5.92. The number of anilines is 1. The highest BCUT2D eigenvalue weighted by Crippen LogP contribution is 2.28. The first kappa shape index (κ1) is 17.8. The van der Waals surface area contributed by atoms with Gasteiger partial charge in [0.25, 0.3) is 0 Å². The van der Waals surface area contributed by atoms with Crippen LogP contribution in [0.25, 0.3) is 6.08 Å². The molecule has 0 spiro atoms. The Hall–Kier alpha value is -3.02. The molecule has 0 aliphatic carbocycles. The second kappa shape index (κ2) is 8.38. The number of nitrogens with one attached hydrogen (secondary N) is 1. The first-order chi connectivity index (χ1) is 12.7. The van der Waals surface area contributed by atoms with E-state index in [1.807, 2.05) is 41.6 Å². The first-order valence-corrected chi connectivity index (χ1v) is 8.61. The summed E-state index contributed by atoms with van der Waals surface area (Å²) in [6.07, 6.45) is 7.26. The van der Waals surface area contributed by atoms with Gasteiger partial charge in [-0.25, -0.2) is 4.98 Å². The summed E-state index contributed by atoms with van der Waals surface area (Å²) in [4.78, 5) is 19.6. The van der Waals surface area contributed by atoms with Crippen LogP contribution < -0.4 is 19.4 Å². The van der Waals surface area contributed by atoms with Crippen molar-refractivity contribution in [1.29, 1.82) is 0 Å². The zero-order chi connectivity index (χ0) is 18.4. The molecule has 0 bridgehead atoms. The predicted octanol–water partition coefficient (Wildman–Crippen LogP) is 1.88. The topological polar surface area (TPSA) is 56.2 Å². The molecule has 1 aliphatic rings. The van der Waals surface area contributed by atoms with E-state index in [4.69, 9.17) is 9.47 Å². The average molecular weight is 354 g/mol. The molecule has 0 saturated carbocycles. The summed E-state index contributed by atoms with van der Waals surface area (Å²) in [5.74, 6) is 1.35. The van der Waals surface area contributed by atoms with Crippen molar-refractivity contribution in [3.05, 3.63) is 54.4 Å². The monoisotopic (exact) mass is 354 g/mol. The third kappa shape index (κ3) is 4.14. The average Bonchev–Trinajstić information content (AvgIpc) is 2.72. The number of carbonyl (C=O) groups is 1. The number of rotatable bonds is 5. The molecular formula is C20H24N3O3+. The number of piperazine rings is 1. The van der Waals surface area contributed by atoms with E-state index < -0.39 is 0 Å². The number of benzene rings is 1. The number of aromatic amines is 1. The lowest BCUT2D eigenvalue weighted by molar-refractivity contribution is -0.377. The molecule has 1 fully saturated rings. The Morgan fingerprint density at radius 2 is 1.69 bits per heavy atom. The summed E-state index contributed by atoms with van der Waals surface area (Å²) in [7, 11) is 3.20. The van der Waals surface area contributed by atoms with Crippen molar-refractivity contribution in [2.75, 3.05) is 45.3 Å². The smallest absolute Gasteiger partial charge is 0.246 e. The number of methoxy groups -OCH3 is 2. The van der Waals surface area contributed by atoms with Crippen LogP contribution in [0, 0.1) is 0 Å². The minimum atomic E-state index is 0.0285. The van der Waals surface area contributed by atoms with Crippen LogP contribution in [0.4, 0.5) is 5.69 Å². The molecule has 136 valence electrons. The highest BCUT2D eigenvalue weighted by atomic mass is 16.5. The van der Waals surface area contributed by atoms with E-state index >= 15 is 0 Å². The van der Waals surface area contributed by atoms with Gasteiger partial charge >= 0.3 is 0 Å². The lowest BCUT2D eigenvalue weighted by Crippen LogP contribution is -2.48. The molecule has 2 aromatic rings. The van der Waals surface area contributed by atoms with Gasteiger partial charge < -0.3 is 19.3 Å². The van der Waals surface area contributed by atoms with Crippen LogP contribution in [0.3, 0.4) is 0 Å². The van der Waals surface area contributed by atoms with Crippen LogP contribution >= 0.6 is 0 Å². The molecule has 0 atom stereocenters. The molecule has 1 aromatic heterocycles. The summed E-state index contributed by atoms with van der Waals surface area (Å²) in [5, 5.41) is 0. The van der Waals surface area contributed by atoms with Crippen molar-refractivity contribution in [3.63, 3.8) is 0 Å². The standard InChI is InChI=1S/C20H23N3O3/c1-25-18-5-3-16(15-19(18)26-2)4-6-20(24)23-13-11-22(12-14-23)17-7-9-21-10-8-17/h3-10,15H,11-14H2,1-2H3/p+1/b6-4+.